The van der Waals surface area contributed by atoms with E-state index in [9.17, 15) is 5.48 Å². The topological polar surface area (TPSA) is 13.1 Å². The van der Waals surface area contributed by atoms with E-state index in [4.69, 9.17) is 22.2 Å². The zero-order chi connectivity index (χ0) is 41.3. The van der Waals surface area contributed by atoms with E-state index in [0.29, 0.717) is 11.2 Å². The molecule has 188 valence electrons. The summed E-state index contributed by atoms with van der Waals surface area (Å²) in [5.74, 6) is 0. The molecule has 0 saturated carbocycles. The molecule has 1 aromatic heterocycles. The van der Waals surface area contributed by atoms with Crippen molar-refractivity contribution in [2.45, 2.75) is 6.42 Å². The summed E-state index contributed by atoms with van der Waals surface area (Å²) in [4.78, 5) is 0. The third kappa shape index (κ3) is 3.71. The van der Waals surface area contributed by atoms with Gasteiger partial charge in [0.15, 0.2) is 0 Å². The lowest BCUT2D eigenvalue weighted by molar-refractivity contribution is 0.669. The van der Waals surface area contributed by atoms with Gasteiger partial charge in [-0.1, -0.05) is 127 Å². The van der Waals surface area contributed by atoms with Gasteiger partial charge in [-0.2, -0.15) is 0 Å². The van der Waals surface area contributed by atoms with Crippen LogP contribution in [0.1, 0.15) is 34.4 Å². The van der Waals surface area contributed by atoms with E-state index >= 15 is 0 Å². The molecule has 0 amide bonds. The molecule has 40 heavy (non-hydrogen) atoms. The predicted molar refractivity (Wildman–Crippen MR) is 169 cm³/mol. The number of benzene rings is 7. The van der Waals surface area contributed by atoms with Crippen molar-refractivity contribution in [1.82, 2.24) is 0 Å². The molecule has 0 atom stereocenters. The third-order valence-electron chi connectivity index (χ3n) is 6.93. The van der Waals surface area contributed by atoms with Gasteiger partial charge in [0.25, 0.3) is 0 Å². The molecule has 0 unspecified atom stereocenters. The van der Waals surface area contributed by atoms with Crippen molar-refractivity contribution >= 4 is 43.5 Å². The van der Waals surface area contributed by atoms with E-state index in [-0.39, 0.29) is 33.0 Å². The average Bonchev–Trinajstić information content (AvgIpc) is 3.57. The summed E-state index contributed by atoms with van der Waals surface area (Å²) in [5, 5.41) is 0.0764. The van der Waals surface area contributed by atoms with Crippen LogP contribution in [0.4, 0.5) is 0 Å². The fourth-order valence-corrected chi connectivity index (χ4v) is 5.13. The summed E-state index contributed by atoms with van der Waals surface area (Å²) in [6.45, 7) is 0. The lowest BCUT2D eigenvalue weighted by Crippen LogP contribution is -1.95. The van der Waals surface area contributed by atoms with Gasteiger partial charge in [0.2, 0.25) is 0 Å². The standard InChI is InChI=1S/C39H26O/c1-2-10-26(11-3-1)24-36-30-12-4-6-15-34(30)39(35-16-7-5-13-31(35)36)28-20-18-27(19-21-28)29-22-23-33-32-14-8-9-17-37(32)40-38(33)25-29/h1-23,25H,24H2/i1D,2D,3D,4D,5D,6D,7D,10D,11D,12D,13D,15D,16D,18D,19D,20D,21D. The first-order valence-corrected chi connectivity index (χ1v) is 12.4. The fourth-order valence-electron chi connectivity index (χ4n) is 5.13. The number of hydrogen-bond acceptors (Lipinski definition) is 1. The van der Waals surface area contributed by atoms with Gasteiger partial charge in [0.1, 0.15) is 11.2 Å². The normalized spacial score (nSPS) is 17.6. The highest BCUT2D eigenvalue weighted by molar-refractivity contribution is 6.15. The highest BCUT2D eigenvalue weighted by atomic mass is 16.3. The van der Waals surface area contributed by atoms with Crippen LogP contribution in [0.25, 0.3) is 65.7 Å². The van der Waals surface area contributed by atoms with Gasteiger partial charge in [0, 0.05) is 10.8 Å². The molecule has 1 heteroatoms. The van der Waals surface area contributed by atoms with E-state index in [1.807, 2.05) is 18.2 Å². The van der Waals surface area contributed by atoms with Crippen molar-refractivity contribution in [1.29, 1.82) is 0 Å². The van der Waals surface area contributed by atoms with Crippen LogP contribution >= 0.6 is 0 Å². The van der Waals surface area contributed by atoms with E-state index in [2.05, 4.69) is 0 Å². The summed E-state index contributed by atoms with van der Waals surface area (Å²) in [6, 6.07) is 0.588. The number of rotatable bonds is 4. The predicted octanol–water partition coefficient (Wildman–Crippen LogP) is 10.8. The molecule has 8 rings (SSSR count). The Bertz CT molecular complexity index is 2990. The highest BCUT2D eigenvalue weighted by Crippen LogP contribution is 2.41. The molecule has 0 N–H and O–H groups in total. The first-order chi connectivity index (χ1) is 26.9. The number of fused-ring (bicyclic) bond motifs is 5. The summed E-state index contributed by atoms with van der Waals surface area (Å²) in [5.41, 5.74) is -0.267. The summed E-state index contributed by atoms with van der Waals surface area (Å²) >= 11 is 0. The van der Waals surface area contributed by atoms with Crippen molar-refractivity contribution in [3.63, 3.8) is 0 Å². The summed E-state index contributed by atoms with van der Waals surface area (Å²) in [6.07, 6.45) is -0.648. The molecule has 0 saturated heterocycles. The lowest BCUT2D eigenvalue weighted by atomic mass is 9.86. The molecule has 1 heterocycles. The van der Waals surface area contributed by atoms with Crippen LogP contribution in [0.3, 0.4) is 0 Å². The molecule has 7 aromatic carbocycles. The van der Waals surface area contributed by atoms with Gasteiger partial charge in [0.05, 0.1) is 23.3 Å². The Labute approximate surface area is 256 Å². The largest absolute Gasteiger partial charge is 0.456 e. The van der Waals surface area contributed by atoms with E-state index in [1.165, 1.54) is 0 Å². The van der Waals surface area contributed by atoms with Gasteiger partial charge in [-0.15, -0.1) is 0 Å². The van der Waals surface area contributed by atoms with Crippen LogP contribution in [0, 0.1) is 0 Å². The smallest absolute Gasteiger partial charge is 0.136 e. The van der Waals surface area contributed by atoms with E-state index in [1.54, 1.807) is 24.3 Å². The van der Waals surface area contributed by atoms with Crippen LogP contribution in [0.15, 0.2) is 150 Å². The molecule has 0 bridgehead atoms. The second-order valence-corrected chi connectivity index (χ2v) is 9.19. The van der Waals surface area contributed by atoms with Crippen LogP contribution in [0.5, 0.6) is 0 Å². The van der Waals surface area contributed by atoms with Crippen molar-refractivity contribution < 1.29 is 27.7 Å². The maximum atomic E-state index is 9.35. The molecule has 0 spiro atoms. The van der Waals surface area contributed by atoms with Crippen LogP contribution < -0.4 is 0 Å². The number of para-hydroxylation sites is 1. The van der Waals surface area contributed by atoms with Gasteiger partial charge < -0.3 is 4.42 Å². The Hall–Kier alpha value is -5.14. The Morgan fingerprint density at radius 2 is 1.07 bits per heavy atom. The van der Waals surface area contributed by atoms with Gasteiger partial charge in [-0.3, -0.25) is 0 Å². The van der Waals surface area contributed by atoms with Crippen molar-refractivity contribution in [2.75, 3.05) is 0 Å². The van der Waals surface area contributed by atoms with Crippen LogP contribution in [-0.4, -0.2) is 0 Å². The number of hydrogen-bond donors (Lipinski definition) is 0. The molecular weight excluding hydrogens is 484 g/mol. The molecular formula is C39H26O. The van der Waals surface area contributed by atoms with Crippen molar-refractivity contribution in [3.8, 4) is 22.3 Å². The molecule has 0 fully saturated rings. The molecule has 1 nitrogen and oxygen atoms in total. The zero-order valence-corrected chi connectivity index (χ0v) is 20.7. The summed E-state index contributed by atoms with van der Waals surface area (Å²) < 4.78 is 156. The second-order valence-electron chi connectivity index (χ2n) is 9.19. The van der Waals surface area contributed by atoms with E-state index in [0.717, 1.165) is 10.8 Å². The third-order valence-corrected chi connectivity index (χ3v) is 6.93. The van der Waals surface area contributed by atoms with Gasteiger partial charge >= 0.3 is 0 Å². The minimum atomic E-state index is -0.770. The van der Waals surface area contributed by atoms with E-state index < -0.39 is 131 Å². The SMILES string of the molecule is [2H]c1c([2H])c([2H])c(Cc2c3c([2H])c([2H])c([2H])c([2H])c3c(-c3c([2H])c([2H])c(-c4ccc5c(c4)oc4ccccc45)c([2H])c3[2H])c3c([2H])c([2H])c([2H])c([2H])c23)c([2H])c1[2H]. The maximum absolute atomic E-state index is 9.35. The van der Waals surface area contributed by atoms with Crippen LogP contribution in [0.2, 0.25) is 0 Å². The second kappa shape index (κ2) is 9.25. The van der Waals surface area contributed by atoms with Gasteiger partial charge in [-0.05, 0) is 79.5 Å². The number of furan rings is 1. The minimum absolute atomic E-state index is 0.119. The highest BCUT2D eigenvalue weighted by Gasteiger charge is 2.16. The Kier molecular flexibility index (Phi) is 2.67. The zero-order valence-electron chi connectivity index (χ0n) is 37.7. The van der Waals surface area contributed by atoms with Gasteiger partial charge in [-0.25, -0.2) is 0 Å². The Morgan fingerprint density at radius 1 is 0.475 bits per heavy atom. The Balaban J connectivity index is 1.54. The molecule has 0 aliphatic heterocycles. The molecule has 0 aliphatic rings. The average molecular weight is 528 g/mol. The minimum Gasteiger partial charge on any atom is -0.456 e. The molecule has 0 radical (unpaired) electrons. The van der Waals surface area contributed by atoms with Crippen molar-refractivity contribution in [3.05, 3.63) is 156 Å². The molecule has 8 aromatic rings. The van der Waals surface area contributed by atoms with Crippen LogP contribution in [-0.2, 0) is 6.42 Å². The lowest BCUT2D eigenvalue weighted by Gasteiger charge is -2.18. The first-order valence-electron chi connectivity index (χ1n) is 20.9. The molecule has 0 aliphatic carbocycles. The fraction of sp³-hybridized carbons (Fsp3) is 0.0256. The maximum Gasteiger partial charge on any atom is 0.136 e. The summed E-state index contributed by atoms with van der Waals surface area (Å²) in [7, 11) is 0. The first kappa shape index (κ1) is 11.5. The Morgan fingerprint density at radius 3 is 1.80 bits per heavy atom. The van der Waals surface area contributed by atoms with Crippen molar-refractivity contribution in [2.24, 2.45) is 0 Å². The monoisotopic (exact) mass is 527 g/mol. The quantitative estimate of drug-likeness (QED) is 0.207.